The number of rotatable bonds is 4. The first-order chi connectivity index (χ1) is 10.2. The Kier molecular flexibility index (Phi) is 4.24. The topological polar surface area (TPSA) is 66.8 Å². The molecule has 2 N–H and O–H groups in total. The number of hydrogen-bond donors (Lipinski definition) is 2. The molecule has 0 fully saturated rings. The van der Waals surface area contributed by atoms with Gasteiger partial charge in [-0.05, 0) is 0 Å². The minimum absolute atomic E-state index is 0.0976. The molecule has 4 nitrogen and oxygen atoms in total. The van der Waals surface area contributed by atoms with Crippen molar-refractivity contribution < 1.29 is 19.1 Å². The Morgan fingerprint density at radius 1 is 1.00 bits per heavy atom. The Morgan fingerprint density at radius 2 is 1.50 bits per heavy atom. The summed E-state index contributed by atoms with van der Waals surface area (Å²) in [5.41, 5.74) is 1.95. The van der Waals surface area contributed by atoms with E-state index in [2.05, 4.69) is 0 Å². The van der Waals surface area contributed by atoms with Gasteiger partial charge < -0.3 is 0 Å². The third-order valence-corrected chi connectivity index (χ3v) is 6.70. The van der Waals surface area contributed by atoms with Gasteiger partial charge in [0.2, 0.25) is 0 Å². The standard InChI is InChI=1S/C17H21O4P/c1-12-10-13(2)16(14(3)11-12)17(18)22(19,20,21-4)15-8-6-5-7-9-15/h5-11,19-20H,1-4H3. The second-order valence-corrected chi connectivity index (χ2v) is 8.73. The van der Waals surface area contributed by atoms with Crippen molar-refractivity contribution in [2.75, 3.05) is 7.11 Å². The summed E-state index contributed by atoms with van der Waals surface area (Å²) in [6.07, 6.45) is 0. The third kappa shape index (κ3) is 2.59. The zero-order valence-corrected chi connectivity index (χ0v) is 14.1. The van der Waals surface area contributed by atoms with Gasteiger partial charge in [0.15, 0.2) is 0 Å². The number of carbonyl (C=O) groups is 1. The molecule has 0 saturated heterocycles. The molecule has 2 aromatic rings. The van der Waals surface area contributed by atoms with Crippen molar-refractivity contribution >= 4 is 18.1 Å². The maximum absolute atomic E-state index is 13.0. The molecule has 22 heavy (non-hydrogen) atoms. The van der Waals surface area contributed by atoms with E-state index in [0.717, 1.165) is 12.7 Å². The van der Waals surface area contributed by atoms with Crippen LogP contribution in [0.15, 0.2) is 42.5 Å². The summed E-state index contributed by atoms with van der Waals surface area (Å²) in [5.74, 6) is 0. The summed E-state index contributed by atoms with van der Waals surface area (Å²) in [4.78, 5) is 34.8. The molecule has 0 atom stereocenters. The quantitative estimate of drug-likeness (QED) is 0.850. The number of hydrogen-bond acceptors (Lipinski definition) is 4. The fraction of sp³-hybridized carbons (Fsp3) is 0.235. The van der Waals surface area contributed by atoms with Gasteiger partial charge in [-0.25, -0.2) is 0 Å². The molecule has 0 amide bonds. The normalized spacial score (nSPS) is 13.5. The summed E-state index contributed by atoms with van der Waals surface area (Å²) in [6.45, 7) is 5.49. The molecule has 2 rings (SSSR count). The average Bonchev–Trinajstić information content (AvgIpc) is 2.47. The predicted molar refractivity (Wildman–Crippen MR) is 89.4 cm³/mol. The van der Waals surface area contributed by atoms with Crippen molar-refractivity contribution in [3.63, 3.8) is 0 Å². The van der Waals surface area contributed by atoms with Gasteiger partial charge in [-0.1, -0.05) is 0 Å². The van der Waals surface area contributed by atoms with Crippen LogP contribution in [0.5, 0.6) is 0 Å². The molecule has 0 saturated carbocycles. The fourth-order valence-corrected chi connectivity index (χ4v) is 4.80. The van der Waals surface area contributed by atoms with Crippen LogP contribution >= 0.6 is 7.28 Å². The second kappa shape index (κ2) is 5.56. The van der Waals surface area contributed by atoms with Gasteiger partial charge >= 0.3 is 130 Å². The van der Waals surface area contributed by atoms with E-state index >= 15 is 0 Å². The Bertz CT molecular complexity index is 700. The summed E-state index contributed by atoms with van der Waals surface area (Å²) in [6, 6.07) is 11.7. The van der Waals surface area contributed by atoms with Crippen LogP contribution in [-0.4, -0.2) is 22.4 Å². The van der Waals surface area contributed by atoms with E-state index in [1.165, 1.54) is 12.1 Å². The molecule has 0 aliphatic carbocycles. The van der Waals surface area contributed by atoms with Crippen LogP contribution in [-0.2, 0) is 4.52 Å². The van der Waals surface area contributed by atoms with E-state index in [1.807, 2.05) is 19.1 Å². The van der Waals surface area contributed by atoms with Crippen LogP contribution in [0.4, 0.5) is 0 Å². The predicted octanol–water partition coefficient (Wildman–Crippen LogP) is 3.01. The molecule has 2 aromatic carbocycles. The average molecular weight is 320 g/mol. The Labute approximate surface area is 130 Å². The molecule has 0 radical (unpaired) electrons. The van der Waals surface area contributed by atoms with Crippen molar-refractivity contribution in [1.82, 2.24) is 0 Å². The van der Waals surface area contributed by atoms with Crippen molar-refractivity contribution in [3.8, 4) is 0 Å². The van der Waals surface area contributed by atoms with Crippen LogP contribution in [0, 0.1) is 20.8 Å². The van der Waals surface area contributed by atoms with Gasteiger partial charge in [-0.3, -0.25) is 0 Å². The fourth-order valence-electron chi connectivity index (χ4n) is 2.72. The first-order valence-electron chi connectivity index (χ1n) is 6.96. The van der Waals surface area contributed by atoms with E-state index in [1.54, 1.807) is 32.0 Å². The summed E-state index contributed by atoms with van der Waals surface area (Å²) in [7, 11) is -4.00. The van der Waals surface area contributed by atoms with E-state index in [9.17, 15) is 14.6 Å². The first kappa shape index (κ1) is 16.8. The zero-order chi connectivity index (χ0) is 16.6. The number of benzene rings is 2. The zero-order valence-electron chi connectivity index (χ0n) is 13.2. The van der Waals surface area contributed by atoms with Gasteiger partial charge in [0.25, 0.3) is 0 Å². The molecule has 0 aromatic heterocycles. The summed E-state index contributed by atoms with van der Waals surface area (Å²) >= 11 is 0. The first-order valence-corrected chi connectivity index (χ1v) is 9.02. The number of carbonyl (C=O) groups excluding carboxylic acids is 1. The monoisotopic (exact) mass is 320 g/mol. The van der Waals surface area contributed by atoms with Gasteiger partial charge in [0.05, 0.1) is 0 Å². The molecule has 0 bridgehead atoms. The van der Waals surface area contributed by atoms with Crippen molar-refractivity contribution in [3.05, 3.63) is 64.7 Å². The molecule has 0 heterocycles. The van der Waals surface area contributed by atoms with Crippen LogP contribution in [0.1, 0.15) is 27.0 Å². The van der Waals surface area contributed by atoms with Crippen LogP contribution in [0.2, 0.25) is 0 Å². The second-order valence-electron chi connectivity index (χ2n) is 5.54. The van der Waals surface area contributed by atoms with Crippen LogP contribution in [0.3, 0.4) is 0 Å². The van der Waals surface area contributed by atoms with Crippen LogP contribution < -0.4 is 5.30 Å². The van der Waals surface area contributed by atoms with E-state index in [4.69, 9.17) is 4.52 Å². The van der Waals surface area contributed by atoms with Gasteiger partial charge in [0.1, 0.15) is 0 Å². The summed E-state index contributed by atoms with van der Waals surface area (Å²) in [5, 5.41) is 0.0976. The SMILES string of the molecule is COP(O)(O)(C(=O)c1c(C)cc(C)cc1C)c1ccccc1. The molecule has 0 spiro atoms. The molecule has 118 valence electrons. The van der Waals surface area contributed by atoms with Crippen molar-refractivity contribution in [2.24, 2.45) is 0 Å². The molecule has 0 aliphatic heterocycles. The Balaban J connectivity index is 2.69. The Morgan fingerprint density at radius 3 is 1.95 bits per heavy atom. The van der Waals surface area contributed by atoms with Crippen LogP contribution in [0.25, 0.3) is 0 Å². The minimum atomic E-state index is -5.15. The van der Waals surface area contributed by atoms with E-state index in [0.29, 0.717) is 16.7 Å². The van der Waals surface area contributed by atoms with Crippen molar-refractivity contribution in [2.45, 2.75) is 20.8 Å². The molecule has 5 heteroatoms. The number of aryl methyl sites for hydroxylation is 3. The van der Waals surface area contributed by atoms with E-state index in [-0.39, 0.29) is 5.30 Å². The molecular formula is C17H21O4P. The van der Waals surface area contributed by atoms with Crippen molar-refractivity contribution in [1.29, 1.82) is 0 Å². The molecular weight excluding hydrogens is 299 g/mol. The van der Waals surface area contributed by atoms with Gasteiger partial charge in [-0.2, -0.15) is 0 Å². The summed E-state index contributed by atoms with van der Waals surface area (Å²) < 4.78 is 5.06. The van der Waals surface area contributed by atoms with Gasteiger partial charge in [-0.15, -0.1) is 0 Å². The third-order valence-electron chi connectivity index (χ3n) is 3.82. The maximum atomic E-state index is 13.0. The van der Waals surface area contributed by atoms with Gasteiger partial charge in [0, 0.05) is 0 Å². The molecule has 0 unspecified atom stereocenters. The molecule has 0 aliphatic rings. The van der Waals surface area contributed by atoms with E-state index < -0.39 is 12.8 Å². The Hall–Kier alpha value is -1.58.